The highest BCUT2D eigenvalue weighted by atomic mass is 32.1. The molecule has 0 saturated carbocycles. The van der Waals surface area contributed by atoms with Crippen LogP contribution < -0.4 is 14.8 Å². The van der Waals surface area contributed by atoms with Gasteiger partial charge in [-0.15, -0.1) is 11.3 Å². The van der Waals surface area contributed by atoms with E-state index < -0.39 is 6.61 Å². The van der Waals surface area contributed by atoms with E-state index in [2.05, 4.69) is 15.0 Å². The summed E-state index contributed by atoms with van der Waals surface area (Å²) in [7, 11) is 1.41. The maximum atomic E-state index is 12.3. The van der Waals surface area contributed by atoms with Crippen molar-refractivity contribution in [2.75, 3.05) is 7.11 Å². The number of rotatable bonds is 7. The summed E-state index contributed by atoms with van der Waals surface area (Å²) in [5.74, 6) is 0.325. The maximum Gasteiger partial charge on any atom is 0.387 e. The Morgan fingerprint density at radius 1 is 1.29 bits per heavy atom. The highest BCUT2D eigenvalue weighted by Gasteiger charge is 2.11. The van der Waals surface area contributed by atoms with Crippen LogP contribution in [-0.2, 0) is 13.1 Å². The van der Waals surface area contributed by atoms with Crippen LogP contribution in [0.1, 0.15) is 15.4 Å². The molecule has 1 N–H and O–H groups in total. The van der Waals surface area contributed by atoms with Crippen molar-refractivity contribution >= 4 is 11.3 Å². The second-order valence-electron chi connectivity index (χ2n) is 4.33. The Kier molecular flexibility index (Phi) is 5.46. The quantitative estimate of drug-likeness (QED) is 0.851. The molecule has 0 radical (unpaired) electrons. The topological polar surface area (TPSA) is 43.4 Å². The molecular weight excluding hydrogens is 298 g/mol. The standard InChI is InChI=1S/C14H16F2N2O2S/c1-9-6-18-13(21-9)8-17-7-10-3-4-11(19-2)12(5-10)20-14(15)16/h3-6,14,17H,7-8H2,1-2H3. The maximum absolute atomic E-state index is 12.3. The minimum atomic E-state index is -2.87. The molecule has 2 aromatic rings. The predicted octanol–water partition coefficient (Wildman–Crippen LogP) is 3.35. The molecule has 0 fully saturated rings. The molecule has 0 saturated heterocycles. The Balaban J connectivity index is 1.96. The highest BCUT2D eigenvalue weighted by Crippen LogP contribution is 2.29. The average molecular weight is 314 g/mol. The molecule has 7 heteroatoms. The lowest BCUT2D eigenvalue weighted by Gasteiger charge is -2.11. The van der Waals surface area contributed by atoms with E-state index in [-0.39, 0.29) is 11.5 Å². The largest absolute Gasteiger partial charge is 0.493 e. The molecule has 0 spiro atoms. The fraction of sp³-hybridized carbons (Fsp3) is 0.357. The zero-order valence-electron chi connectivity index (χ0n) is 11.7. The molecule has 114 valence electrons. The first-order chi connectivity index (χ1) is 10.1. The number of hydrogen-bond donors (Lipinski definition) is 1. The zero-order chi connectivity index (χ0) is 15.2. The summed E-state index contributed by atoms with van der Waals surface area (Å²) in [6, 6.07) is 4.96. The Morgan fingerprint density at radius 2 is 2.10 bits per heavy atom. The van der Waals surface area contributed by atoms with E-state index in [1.54, 1.807) is 29.5 Å². The third-order valence-corrected chi connectivity index (χ3v) is 3.63. The smallest absolute Gasteiger partial charge is 0.387 e. The van der Waals surface area contributed by atoms with Crippen molar-refractivity contribution in [3.05, 3.63) is 39.8 Å². The van der Waals surface area contributed by atoms with Gasteiger partial charge in [0.05, 0.1) is 7.11 Å². The van der Waals surface area contributed by atoms with Crippen LogP contribution in [0.4, 0.5) is 8.78 Å². The van der Waals surface area contributed by atoms with Crippen molar-refractivity contribution in [3.8, 4) is 11.5 Å². The van der Waals surface area contributed by atoms with Gasteiger partial charge in [0.1, 0.15) is 5.01 Å². The van der Waals surface area contributed by atoms with Crippen LogP contribution in [0.2, 0.25) is 0 Å². The highest BCUT2D eigenvalue weighted by molar-refractivity contribution is 7.11. The van der Waals surface area contributed by atoms with Crippen LogP contribution in [0.25, 0.3) is 0 Å². The van der Waals surface area contributed by atoms with Crippen molar-refractivity contribution in [2.45, 2.75) is 26.6 Å². The second-order valence-corrected chi connectivity index (χ2v) is 5.65. The van der Waals surface area contributed by atoms with Crippen LogP contribution in [0.15, 0.2) is 24.4 Å². The summed E-state index contributed by atoms with van der Waals surface area (Å²) in [4.78, 5) is 5.40. The molecule has 0 bridgehead atoms. The number of thiazole rings is 1. The number of aryl methyl sites for hydroxylation is 1. The summed E-state index contributed by atoms with van der Waals surface area (Å²) in [6.07, 6.45) is 1.82. The SMILES string of the molecule is COc1ccc(CNCc2ncc(C)s2)cc1OC(F)F. The summed E-state index contributed by atoms with van der Waals surface area (Å²) >= 11 is 1.62. The van der Waals surface area contributed by atoms with Crippen molar-refractivity contribution in [1.29, 1.82) is 0 Å². The van der Waals surface area contributed by atoms with Gasteiger partial charge in [-0.2, -0.15) is 8.78 Å². The van der Waals surface area contributed by atoms with Gasteiger partial charge in [0, 0.05) is 24.2 Å². The molecule has 1 aromatic carbocycles. The fourth-order valence-corrected chi connectivity index (χ4v) is 2.57. The summed E-state index contributed by atoms with van der Waals surface area (Å²) in [5, 5.41) is 4.20. The van der Waals surface area contributed by atoms with Gasteiger partial charge in [-0.25, -0.2) is 4.98 Å². The monoisotopic (exact) mass is 314 g/mol. The Hall–Kier alpha value is -1.73. The summed E-state index contributed by atoms with van der Waals surface area (Å²) < 4.78 is 34.1. The number of alkyl halides is 2. The van der Waals surface area contributed by atoms with Gasteiger partial charge in [-0.05, 0) is 24.6 Å². The lowest BCUT2D eigenvalue weighted by atomic mass is 10.2. The van der Waals surface area contributed by atoms with Crippen LogP contribution in [0.5, 0.6) is 11.5 Å². The molecule has 0 amide bonds. The van der Waals surface area contributed by atoms with Gasteiger partial charge in [-0.3, -0.25) is 0 Å². The van der Waals surface area contributed by atoms with Gasteiger partial charge in [0.25, 0.3) is 0 Å². The molecule has 1 aromatic heterocycles. The molecule has 0 aliphatic carbocycles. The summed E-state index contributed by atoms with van der Waals surface area (Å²) in [6.45, 7) is 0.288. The first-order valence-electron chi connectivity index (χ1n) is 6.32. The predicted molar refractivity (Wildman–Crippen MR) is 77.0 cm³/mol. The Morgan fingerprint density at radius 3 is 2.71 bits per heavy atom. The van der Waals surface area contributed by atoms with Crippen LogP contribution in [0.3, 0.4) is 0 Å². The van der Waals surface area contributed by atoms with E-state index >= 15 is 0 Å². The molecule has 0 atom stereocenters. The minimum absolute atomic E-state index is 0.0388. The summed E-state index contributed by atoms with van der Waals surface area (Å²) in [5.41, 5.74) is 0.833. The van der Waals surface area contributed by atoms with Gasteiger partial charge < -0.3 is 14.8 Å². The fourth-order valence-electron chi connectivity index (χ4n) is 1.82. The lowest BCUT2D eigenvalue weighted by Crippen LogP contribution is -2.13. The molecule has 21 heavy (non-hydrogen) atoms. The van der Waals surface area contributed by atoms with E-state index in [4.69, 9.17) is 4.74 Å². The van der Waals surface area contributed by atoms with E-state index in [9.17, 15) is 8.78 Å². The van der Waals surface area contributed by atoms with Crippen molar-refractivity contribution < 1.29 is 18.3 Å². The normalized spacial score (nSPS) is 10.9. The first kappa shape index (κ1) is 15.7. The van der Waals surface area contributed by atoms with E-state index in [1.807, 2.05) is 13.1 Å². The molecule has 0 aliphatic rings. The van der Waals surface area contributed by atoms with Crippen LogP contribution in [-0.4, -0.2) is 18.7 Å². The van der Waals surface area contributed by atoms with Gasteiger partial charge in [0.15, 0.2) is 11.5 Å². The molecule has 1 heterocycles. The molecule has 2 rings (SSSR count). The zero-order valence-corrected chi connectivity index (χ0v) is 12.5. The number of aromatic nitrogens is 1. The van der Waals surface area contributed by atoms with Crippen LogP contribution in [0, 0.1) is 6.92 Å². The number of halogens is 2. The molecule has 0 unspecified atom stereocenters. The number of nitrogens with zero attached hydrogens (tertiary/aromatic N) is 1. The molecule has 4 nitrogen and oxygen atoms in total. The number of ether oxygens (including phenoxy) is 2. The third kappa shape index (κ3) is 4.64. The number of hydrogen-bond acceptors (Lipinski definition) is 5. The van der Waals surface area contributed by atoms with Gasteiger partial charge in [-0.1, -0.05) is 6.07 Å². The number of benzene rings is 1. The Bertz CT molecular complexity index is 590. The van der Waals surface area contributed by atoms with E-state index in [0.717, 1.165) is 15.4 Å². The van der Waals surface area contributed by atoms with Crippen molar-refractivity contribution in [2.24, 2.45) is 0 Å². The number of methoxy groups -OCH3 is 1. The third-order valence-electron chi connectivity index (χ3n) is 2.72. The Labute approximate surface area is 125 Å². The van der Waals surface area contributed by atoms with Crippen molar-refractivity contribution in [3.63, 3.8) is 0 Å². The second kappa shape index (κ2) is 7.33. The van der Waals surface area contributed by atoms with Gasteiger partial charge in [0.2, 0.25) is 0 Å². The average Bonchev–Trinajstić information content (AvgIpc) is 2.84. The van der Waals surface area contributed by atoms with Gasteiger partial charge >= 0.3 is 6.61 Å². The minimum Gasteiger partial charge on any atom is -0.493 e. The van der Waals surface area contributed by atoms with E-state index in [0.29, 0.717) is 13.1 Å². The number of nitrogens with one attached hydrogen (secondary N) is 1. The molecular formula is C14H16F2N2O2S. The van der Waals surface area contributed by atoms with Crippen LogP contribution >= 0.6 is 11.3 Å². The lowest BCUT2D eigenvalue weighted by molar-refractivity contribution is -0.0512. The first-order valence-corrected chi connectivity index (χ1v) is 7.14. The van der Waals surface area contributed by atoms with Crippen molar-refractivity contribution in [1.82, 2.24) is 10.3 Å². The molecule has 0 aliphatic heterocycles. The van der Waals surface area contributed by atoms with E-state index in [1.165, 1.54) is 7.11 Å².